The minimum atomic E-state index is -3.27. The molecule has 2 aromatic carbocycles. The van der Waals surface area contributed by atoms with Crippen LogP contribution >= 0.6 is 0 Å². The fourth-order valence-corrected chi connectivity index (χ4v) is 2.33. The normalized spacial score (nSPS) is 11.1. The maximum atomic E-state index is 13.4. The van der Waals surface area contributed by atoms with Gasteiger partial charge in [0.2, 0.25) is 5.78 Å². The van der Waals surface area contributed by atoms with Crippen LogP contribution in [0.1, 0.15) is 10.4 Å². The zero-order chi connectivity index (χ0) is 15.5. The summed E-state index contributed by atoms with van der Waals surface area (Å²) < 4.78 is 41.2. The third-order valence-corrected chi connectivity index (χ3v) is 3.92. The number of ketones is 1. The van der Waals surface area contributed by atoms with Gasteiger partial charge in [0.05, 0.1) is 10.5 Å². The Labute approximate surface area is 122 Å². The van der Waals surface area contributed by atoms with Gasteiger partial charge in [-0.3, -0.25) is 4.79 Å². The predicted molar refractivity (Wildman–Crippen MR) is 75.8 cm³/mol. The van der Waals surface area contributed by atoms with Crippen molar-refractivity contribution < 1.29 is 22.3 Å². The molecule has 0 fully saturated rings. The SMILES string of the molecule is CS(=O)(=O)c1ccc(OCC(=O)c2ccccc2F)cc1. The highest BCUT2D eigenvalue weighted by molar-refractivity contribution is 7.90. The van der Waals surface area contributed by atoms with E-state index in [1.807, 2.05) is 0 Å². The van der Waals surface area contributed by atoms with Gasteiger partial charge in [-0.05, 0) is 36.4 Å². The zero-order valence-electron chi connectivity index (χ0n) is 11.2. The summed E-state index contributed by atoms with van der Waals surface area (Å²) in [6.45, 7) is -0.320. The summed E-state index contributed by atoms with van der Waals surface area (Å²) in [5.41, 5.74) is -0.0368. The highest BCUT2D eigenvalue weighted by atomic mass is 32.2. The van der Waals surface area contributed by atoms with Crippen molar-refractivity contribution in [3.05, 3.63) is 59.9 Å². The van der Waals surface area contributed by atoms with Gasteiger partial charge >= 0.3 is 0 Å². The fraction of sp³-hybridized carbons (Fsp3) is 0.133. The third kappa shape index (κ3) is 3.88. The Morgan fingerprint density at radius 1 is 1.10 bits per heavy atom. The van der Waals surface area contributed by atoms with Crippen molar-refractivity contribution in [3.63, 3.8) is 0 Å². The average Bonchev–Trinajstić information content (AvgIpc) is 2.45. The van der Waals surface area contributed by atoms with Gasteiger partial charge in [0.25, 0.3) is 0 Å². The van der Waals surface area contributed by atoms with Crippen LogP contribution in [0, 0.1) is 5.82 Å². The summed E-state index contributed by atoms with van der Waals surface area (Å²) in [5, 5.41) is 0. The summed E-state index contributed by atoms with van der Waals surface area (Å²) in [5.74, 6) is -0.745. The highest BCUT2D eigenvalue weighted by Gasteiger charge is 2.12. The molecule has 0 aliphatic carbocycles. The first kappa shape index (κ1) is 15.2. The Balaban J connectivity index is 2.04. The maximum absolute atomic E-state index is 13.4. The Morgan fingerprint density at radius 2 is 1.71 bits per heavy atom. The van der Waals surface area contributed by atoms with Gasteiger partial charge in [-0.15, -0.1) is 0 Å². The molecule has 0 saturated heterocycles. The molecule has 2 rings (SSSR count). The van der Waals surface area contributed by atoms with Crippen molar-refractivity contribution >= 4 is 15.6 Å². The van der Waals surface area contributed by atoms with Crippen molar-refractivity contribution in [1.82, 2.24) is 0 Å². The van der Waals surface area contributed by atoms with Gasteiger partial charge in [-0.1, -0.05) is 12.1 Å². The molecule has 0 heterocycles. The van der Waals surface area contributed by atoms with E-state index in [0.29, 0.717) is 5.75 Å². The molecule has 2 aromatic rings. The molecule has 0 saturated carbocycles. The molecular weight excluding hydrogens is 295 g/mol. The van der Waals surface area contributed by atoms with E-state index in [1.54, 1.807) is 6.07 Å². The highest BCUT2D eigenvalue weighted by Crippen LogP contribution is 2.16. The summed E-state index contributed by atoms with van der Waals surface area (Å²) in [4.78, 5) is 12.0. The van der Waals surface area contributed by atoms with Crippen LogP contribution in [-0.2, 0) is 9.84 Å². The van der Waals surface area contributed by atoms with E-state index in [2.05, 4.69) is 0 Å². The molecule has 0 spiro atoms. The third-order valence-electron chi connectivity index (χ3n) is 2.80. The standard InChI is InChI=1S/C15H13FO4S/c1-21(18,19)12-8-6-11(7-9-12)20-10-15(17)13-4-2-3-5-14(13)16/h2-9H,10H2,1H3. The molecule has 0 aromatic heterocycles. The number of ether oxygens (including phenoxy) is 1. The molecular formula is C15H13FO4S. The molecule has 0 amide bonds. The van der Waals surface area contributed by atoms with Crippen LogP contribution in [0.2, 0.25) is 0 Å². The van der Waals surface area contributed by atoms with E-state index in [-0.39, 0.29) is 17.1 Å². The van der Waals surface area contributed by atoms with Crippen molar-refractivity contribution in [2.24, 2.45) is 0 Å². The lowest BCUT2D eigenvalue weighted by atomic mass is 10.1. The summed E-state index contributed by atoms with van der Waals surface area (Å²) >= 11 is 0. The number of hydrogen-bond donors (Lipinski definition) is 0. The quantitative estimate of drug-likeness (QED) is 0.796. The van der Waals surface area contributed by atoms with Crippen LogP contribution < -0.4 is 4.74 Å². The number of sulfone groups is 1. The molecule has 0 N–H and O–H groups in total. The van der Waals surface area contributed by atoms with E-state index >= 15 is 0 Å². The number of carbonyl (C=O) groups is 1. The zero-order valence-corrected chi connectivity index (χ0v) is 12.1. The topological polar surface area (TPSA) is 60.4 Å². The second-order valence-corrected chi connectivity index (χ2v) is 6.45. The van der Waals surface area contributed by atoms with Gasteiger partial charge < -0.3 is 4.74 Å². The van der Waals surface area contributed by atoms with Gasteiger partial charge in [0, 0.05) is 6.26 Å². The van der Waals surface area contributed by atoms with E-state index in [1.165, 1.54) is 42.5 Å². The first-order valence-electron chi connectivity index (χ1n) is 6.08. The molecule has 0 radical (unpaired) electrons. The lowest BCUT2D eigenvalue weighted by Gasteiger charge is -2.07. The van der Waals surface area contributed by atoms with Gasteiger partial charge in [-0.25, -0.2) is 12.8 Å². The lowest BCUT2D eigenvalue weighted by Crippen LogP contribution is -2.13. The molecule has 21 heavy (non-hydrogen) atoms. The summed E-state index contributed by atoms with van der Waals surface area (Å²) in [7, 11) is -3.27. The number of Topliss-reactive ketones (excluding diaryl/α,β-unsaturated/α-hetero) is 1. The van der Waals surface area contributed by atoms with E-state index < -0.39 is 21.4 Å². The van der Waals surface area contributed by atoms with Crippen LogP contribution in [0.25, 0.3) is 0 Å². The van der Waals surface area contributed by atoms with Crippen molar-refractivity contribution in [2.75, 3.05) is 12.9 Å². The summed E-state index contributed by atoms with van der Waals surface area (Å²) in [6, 6.07) is 11.3. The van der Waals surface area contributed by atoms with E-state index in [0.717, 1.165) is 6.26 Å². The molecule has 0 aliphatic rings. The van der Waals surface area contributed by atoms with Crippen LogP contribution in [0.15, 0.2) is 53.4 Å². The summed E-state index contributed by atoms with van der Waals surface area (Å²) in [6.07, 6.45) is 1.10. The van der Waals surface area contributed by atoms with Crippen molar-refractivity contribution in [2.45, 2.75) is 4.90 Å². The number of carbonyl (C=O) groups excluding carboxylic acids is 1. The lowest BCUT2D eigenvalue weighted by molar-refractivity contribution is 0.0917. The molecule has 0 aliphatic heterocycles. The van der Waals surface area contributed by atoms with Crippen LogP contribution in [0.4, 0.5) is 4.39 Å². The first-order chi connectivity index (χ1) is 9.88. The second-order valence-electron chi connectivity index (χ2n) is 4.44. The molecule has 0 unspecified atom stereocenters. The Bertz CT molecular complexity index is 751. The van der Waals surface area contributed by atoms with Crippen LogP contribution in [0.3, 0.4) is 0 Å². The van der Waals surface area contributed by atoms with E-state index in [4.69, 9.17) is 4.74 Å². The smallest absolute Gasteiger partial charge is 0.203 e. The molecule has 0 atom stereocenters. The largest absolute Gasteiger partial charge is 0.485 e. The van der Waals surface area contributed by atoms with Gasteiger partial charge in [0.15, 0.2) is 16.4 Å². The molecule has 110 valence electrons. The van der Waals surface area contributed by atoms with E-state index in [9.17, 15) is 17.6 Å². The first-order valence-corrected chi connectivity index (χ1v) is 7.98. The predicted octanol–water partition coefficient (Wildman–Crippen LogP) is 2.49. The monoisotopic (exact) mass is 308 g/mol. The number of rotatable bonds is 5. The minimum Gasteiger partial charge on any atom is -0.485 e. The second kappa shape index (κ2) is 6.05. The average molecular weight is 308 g/mol. The Morgan fingerprint density at radius 3 is 2.29 bits per heavy atom. The van der Waals surface area contributed by atoms with Crippen molar-refractivity contribution in [3.8, 4) is 5.75 Å². The Kier molecular flexibility index (Phi) is 4.37. The van der Waals surface area contributed by atoms with Crippen LogP contribution in [-0.4, -0.2) is 27.1 Å². The maximum Gasteiger partial charge on any atom is 0.203 e. The van der Waals surface area contributed by atoms with Crippen molar-refractivity contribution in [1.29, 1.82) is 0 Å². The Hall–Kier alpha value is -2.21. The number of hydrogen-bond acceptors (Lipinski definition) is 4. The molecule has 4 nitrogen and oxygen atoms in total. The van der Waals surface area contributed by atoms with Gasteiger partial charge in [0.1, 0.15) is 11.6 Å². The number of benzene rings is 2. The molecule has 6 heteroatoms. The minimum absolute atomic E-state index is 0.0368. The van der Waals surface area contributed by atoms with Crippen LogP contribution in [0.5, 0.6) is 5.75 Å². The van der Waals surface area contributed by atoms with Gasteiger partial charge in [-0.2, -0.15) is 0 Å². The molecule has 0 bridgehead atoms. The fourth-order valence-electron chi connectivity index (χ4n) is 1.70. The number of halogens is 1.